The van der Waals surface area contributed by atoms with Crippen molar-refractivity contribution in [3.8, 4) is 5.75 Å². The number of primary amides is 1. The lowest BCUT2D eigenvalue weighted by Gasteiger charge is -2.30. The molecule has 0 bridgehead atoms. The molecule has 0 spiro atoms. The highest BCUT2D eigenvalue weighted by molar-refractivity contribution is 5.97. The predicted molar refractivity (Wildman–Crippen MR) is 73.4 cm³/mol. The fourth-order valence-corrected chi connectivity index (χ4v) is 2.61. The number of carbonyl (C=O) groups excluding carboxylic acids is 2. The number of carbonyl (C=O) groups is 2. The molecule has 0 radical (unpaired) electrons. The van der Waals surface area contributed by atoms with Crippen molar-refractivity contribution in [3.05, 3.63) is 18.2 Å². The number of hydrogen-bond donors (Lipinski definition) is 2. The molecular formula is C13H16N4O3. The standard InChI is InChI=1S/C13H16N4O3/c14-8-1-2-11-10(5-8)17-9(7-20-11)6-16(13(17)19)4-3-12(15)18/h1-2,5,9H,3-4,6-7,14H2,(H2,15,18). The second-order valence-corrected chi connectivity index (χ2v) is 5.01. The van der Waals surface area contributed by atoms with E-state index in [0.717, 1.165) is 0 Å². The van der Waals surface area contributed by atoms with Gasteiger partial charge >= 0.3 is 6.03 Å². The van der Waals surface area contributed by atoms with Crippen LogP contribution in [-0.4, -0.2) is 42.6 Å². The third kappa shape index (κ3) is 2.01. The van der Waals surface area contributed by atoms with Gasteiger partial charge in [0, 0.05) is 25.2 Å². The molecular weight excluding hydrogens is 260 g/mol. The second-order valence-electron chi connectivity index (χ2n) is 5.01. The summed E-state index contributed by atoms with van der Waals surface area (Å²) in [6.45, 7) is 1.30. The van der Waals surface area contributed by atoms with E-state index in [1.807, 2.05) is 0 Å². The van der Waals surface area contributed by atoms with Crippen LogP contribution in [0.1, 0.15) is 6.42 Å². The lowest BCUT2D eigenvalue weighted by atomic mass is 10.1. The van der Waals surface area contributed by atoms with Crippen LogP contribution in [0.25, 0.3) is 0 Å². The Morgan fingerprint density at radius 3 is 3.00 bits per heavy atom. The minimum atomic E-state index is -0.413. The fourth-order valence-electron chi connectivity index (χ4n) is 2.61. The van der Waals surface area contributed by atoms with Crippen molar-refractivity contribution in [2.45, 2.75) is 12.5 Å². The Balaban J connectivity index is 1.86. The highest BCUT2D eigenvalue weighted by Crippen LogP contribution is 2.38. The molecule has 3 amide bonds. The minimum absolute atomic E-state index is 0.0512. The number of rotatable bonds is 3. The number of amides is 3. The molecule has 2 aliphatic rings. The van der Waals surface area contributed by atoms with E-state index >= 15 is 0 Å². The van der Waals surface area contributed by atoms with Crippen LogP contribution in [0.15, 0.2) is 18.2 Å². The second kappa shape index (κ2) is 4.59. The Labute approximate surface area is 116 Å². The van der Waals surface area contributed by atoms with Gasteiger partial charge in [-0.3, -0.25) is 9.69 Å². The molecule has 0 saturated carbocycles. The first kappa shape index (κ1) is 12.6. The van der Waals surface area contributed by atoms with Crippen molar-refractivity contribution in [2.24, 2.45) is 5.73 Å². The van der Waals surface area contributed by atoms with E-state index in [9.17, 15) is 9.59 Å². The maximum Gasteiger partial charge on any atom is 0.325 e. The van der Waals surface area contributed by atoms with Gasteiger partial charge in [0.2, 0.25) is 5.91 Å². The first-order valence-corrected chi connectivity index (χ1v) is 6.45. The molecule has 0 aliphatic carbocycles. The van der Waals surface area contributed by atoms with Crippen molar-refractivity contribution < 1.29 is 14.3 Å². The molecule has 1 aromatic rings. The highest BCUT2D eigenvalue weighted by Gasteiger charge is 2.42. The number of nitrogens with zero attached hydrogens (tertiary/aromatic N) is 2. The van der Waals surface area contributed by atoms with Crippen LogP contribution >= 0.6 is 0 Å². The Morgan fingerprint density at radius 2 is 2.25 bits per heavy atom. The van der Waals surface area contributed by atoms with Crippen LogP contribution in [0.3, 0.4) is 0 Å². The smallest absolute Gasteiger partial charge is 0.325 e. The lowest BCUT2D eigenvalue weighted by molar-refractivity contribution is -0.118. The van der Waals surface area contributed by atoms with Crippen LogP contribution in [0.5, 0.6) is 5.75 Å². The van der Waals surface area contributed by atoms with Crippen LogP contribution in [0.2, 0.25) is 0 Å². The summed E-state index contributed by atoms with van der Waals surface area (Å²) in [7, 11) is 0. The molecule has 3 rings (SSSR count). The van der Waals surface area contributed by atoms with Crippen molar-refractivity contribution in [1.82, 2.24) is 4.90 Å². The van der Waals surface area contributed by atoms with E-state index in [1.54, 1.807) is 28.0 Å². The number of anilines is 2. The Morgan fingerprint density at radius 1 is 1.45 bits per heavy atom. The van der Waals surface area contributed by atoms with Crippen LogP contribution < -0.4 is 21.1 Å². The molecule has 2 heterocycles. The summed E-state index contributed by atoms with van der Waals surface area (Å²) >= 11 is 0. The molecule has 106 valence electrons. The largest absolute Gasteiger partial charge is 0.489 e. The summed E-state index contributed by atoms with van der Waals surface area (Å²) in [5.41, 5.74) is 12.2. The molecule has 1 fully saturated rings. The maximum atomic E-state index is 12.4. The molecule has 2 aliphatic heterocycles. The van der Waals surface area contributed by atoms with E-state index < -0.39 is 5.91 Å². The zero-order chi connectivity index (χ0) is 14.3. The molecule has 4 N–H and O–H groups in total. The third-order valence-corrected chi connectivity index (χ3v) is 3.57. The van der Waals surface area contributed by atoms with E-state index in [1.165, 1.54) is 0 Å². The van der Waals surface area contributed by atoms with Crippen molar-refractivity contribution in [1.29, 1.82) is 0 Å². The number of fused-ring (bicyclic) bond motifs is 3. The van der Waals surface area contributed by atoms with Gasteiger partial charge in [-0.2, -0.15) is 0 Å². The topological polar surface area (TPSA) is 102 Å². The molecule has 1 unspecified atom stereocenters. The van der Waals surface area contributed by atoms with E-state index in [2.05, 4.69) is 0 Å². The SMILES string of the molecule is NC(=O)CCN1CC2COc3ccc(N)cc3N2C1=O. The molecule has 1 saturated heterocycles. The van der Waals surface area contributed by atoms with Gasteiger partial charge in [0.15, 0.2) is 0 Å². The Kier molecular flexibility index (Phi) is 2.89. The van der Waals surface area contributed by atoms with Crippen molar-refractivity contribution in [3.63, 3.8) is 0 Å². The van der Waals surface area contributed by atoms with Gasteiger partial charge in [0.1, 0.15) is 12.4 Å². The number of nitrogen functional groups attached to an aromatic ring is 1. The molecule has 7 heteroatoms. The molecule has 0 aromatic heterocycles. The molecule has 20 heavy (non-hydrogen) atoms. The number of urea groups is 1. The Bertz CT molecular complexity index is 575. The average molecular weight is 276 g/mol. The fraction of sp³-hybridized carbons (Fsp3) is 0.385. The molecule has 1 atom stereocenters. The van der Waals surface area contributed by atoms with Crippen LogP contribution in [-0.2, 0) is 4.79 Å². The van der Waals surface area contributed by atoms with Gasteiger partial charge in [-0.05, 0) is 18.2 Å². The minimum Gasteiger partial charge on any atom is -0.489 e. The van der Waals surface area contributed by atoms with Crippen LogP contribution in [0.4, 0.5) is 16.2 Å². The summed E-state index contributed by atoms with van der Waals surface area (Å²) in [4.78, 5) is 26.6. The third-order valence-electron chi connectivity index (χ3n) is 3.57. The number of hydrogen-bond acceptors (Lipinski definition) is 4. The monoisotopic (exact) mass is 276 g/mol. The van der Waals surface area contributed by atoms with E-state index in [0.29, 0.717) is 36.8 Å². The average Bonchev–Trinajstić information content (AvgIpc) is 2.73. The van der Waals surface area contributed by atoms with E-state index in [-0.39, 0.29) is 18.5 Å². The van der Waals surface area contributed by atoms with Gasteiger partial charge in [-0.15, -0.1) is 0 Å². The zero-order valence-electron chi connectivity index (χ0n) is 10.9. The van der Waals surface area contributed by atoms with Gasteiger partial charge < -0.3 is 21.1 Å². The summed E-state index contributed by atoms with van der Waals surface area (Å²) in [6.07, 6.45) is 0.164. The van der Waals surface area contributed by atoms with Gasteiger partial charge in [-0.25, -0.2) is 4.79 Å². The molecule has 7 nitrogen and oxygen atoms in total. The number of ether oxygens (including phenoxy) is 1. The highest BCUT2D eigenvalue weighted by atomic mass is 16.5. The lowest BCUT2D eigenvalue weighted by Crippen LogP contribution is -2.41. The van der Waals surface area contributed by atoms with Gasteiger partial charge in [0.25, 0.3) is 0 Å². The van der Waals surface area contributed by atoms with Crippen molar-refractivity contribution in [2.75, 3.05) is 30.3 Å². The summed E-state index contributed by atoms with van der Waals surface area (Å²) in [6, 6.07) is 5.05. The summed E-state index contributed by atoms with van der Waals surface area (Å²) in [5, 5.41) is 0. The predicted octanol–water partition coefficient (Wildman–Crippen LogP) is 0.147. The van der Waals surface area contributed by atoms with Crippen LogP contribution in [0, 0.1) is 0 Å². The zero-order valence-corrected chi connectivity index (χ0v) is 10.9. The van der Waals surface area contributed by atoms with Crippen molar-refractivity contribution >= 4 is 23.3 Å². The van der Waals surface area contributed by atoms with Gasteiger partial charge in [0.05, 0.1) is 11.7 Å². The maximum absolute atomic E-state index is 12.4. The summed E-state index contributed by atoms with van der Waals surface area (Å²) in [5.74, 6) is 0.240. The first-order chi connectivity index (χ1) is 9.56. The summed E-state index contributed by atoms with van der Waals surface area (Å²) < 4.78 is 5.65. The van der Waals surface area contributed by atoms with E-state index in [4.69, 9.17) is 16.2 Å². The first-order valence-electron chi connectivity index (χ1n) is 6.45. The number of nitrogens with two attached hydrogens (primary N) is 2. The quantitative estimate of drug-likeness (QED) is 0.767. The molecule has 1 aromatic carbocycles. The normalized spacial score (nSPS) is 20.4. The Hall–Kier alpha value is -2.44. The van der Waals surface area contributed by atoms with Gasteiger partial charge in [-0.1, -0.05) is 0 Å². The number of benzene rings is 1.